The second-order valence-corrected chi connectivity index (χ2v) is 33.6. The molecule has 5 unspecified atom stereocenters. The standard InChI is InChI=1S/C101H168O16P2/c1-4-7-10-13-16-19-22-25-28-31-34-37-39-41-43-45-46-47-48-50-52-53-55-58-60-63-66-69-72-75-78-81-84-87-99(104)111-90-96(102)91-113-118(107,108)114-92-97(103)93-115-119(109,110)116-95-98(117-101(106)89-86-83-80-77-74-71-68-65-62-57-36-33-30-27-24-21-18-15-12-9-6-3)94-112-100(105)88-85-82-79-76-73-70-67-64-61-59-56-54-51-49-44-42-40-38-35-32-29-26-23-20-17-14-11-8-5-2/h7-12,16-21,25-30,34-38,41-44,51,54,57,65,68,96-98,102-103H,4-6,13-15,22-24,31-33,39-40,45-50,52-53,55-56,58-64,66-67,69-95H2,1-3H3,(H,107,108)(H,109,110)/b10-7-,11-8-,12-9-,19-16-,20-17-,21-18-,28-25-,29-26-,30-27-,37-34-,38-35-,43-41-,44-42-,54-51-,57-36-,68-65-. The normalized spacial score (nSPS) is 14.6. The van der Waals surface area contributed by atoms with Gasteiger partial charge in [-0.2, -0.15) is 0 Å². The second kappa shape index (κ2) is 91.6. The van der Waals surface area contributed by atoms with E-state index in [9.17, 15) is 43.5 Å². The number of rotatable bonds is 87. The molecule has 0 aromatic rings. The predicted octanol–water partition coefficient (Wildman–Crippen LogP) is 29.0. The number of hydrogen-bond donors (Lipinski definition) is 4. The summed E-state index contributed by atoms with van der Waals surface area (Å²) in [5.74, 6) is -1.60. The van der Waals surface area contributed by atoms with Crippen LogP contribution in [0.1, 0.15) is 367 Å². The lowest BCUT2D eigenvalue weighted by Gasteiger charge is -2.21. The molecule has 0 amide bonds. The van der Waals surface area contributed by atoms with E-state index < -0.39 is 91.5 Å². The van der Waals surface area contributed by atoms with Gasteiger partial charge in [-0.25, -0.2) is 9.13 Å². The monoisotopic (exact) mass is 1700 g/mol. The average Bonchev–Trinajstić information content (AvgIpc) is 0.903. The molecule has 0 saturated heterocycles. The number of phosphoric acid groups is 2. The third-order valence-electron chi connectivity index (χ3n) is 19.3. The van der Waals surface area contributed by atoms with E-state index >= 15 is 0 Å². The van der Waals surface area contributed by atoms with Crippen LogP contribution in [0.25, 0.3) is 0 Å². The quantitative estimate of drug-likeness (QED) is 0.0146. The van der Waals surface area contributed by atoms with Crippen molar-refractivity contribution in [3.63, 3.8) is 0 Å². The Morgan fingerprint density at radius 3 is 0.664 bits per heavy atom. The Kier molecular flexibility index (Phi) is 87.3. The van der Waals surface area contributed by atoms with Gasteiger partial charge in [0.15, 0.2) is 6.10 Å². The maximum Gasteiger partial charge on any atom is 0.472 e. The highest BCUT2D eigenvalue weighted by Gasteiger charge is 2.29. The van der Waals surface area contributed by atoms with Crippen molar-refractivity contribution < 1.29 is 75.8 Å². The van der Waals surface area contributed by atoms with Crippen molar-refractivity contribution >= 4 is 33.6 Å². The van der Waals surface area contributed by atoms with Crippen molar-refractivity contribution in [3.05, 3.63) is 194 Å². The predicted molar refractivity (Wildman–Crippen MR) is 500 cm³/mol. The molecule has 0 heterocycles. The molecule has 5 atom stereocenters. The van der Waals surface area contributed by atoms with Crippen LogP contribution in [0.15, 0.2) is 194 Å². The topological polar surface area (TPSA) is 231 Å². The second-order valence-electron chi connectivity index (χ2n) is 30.7. The number of esters is 3. The molecule has 0 aliphatic heterocycles. The fourth-order valence-corrected chi connectivity index (χ4v) is 13.9. The van der Waals surface area contributed by atoms with Crippen LogP contribution in [0, 0.1) is 0 Å². The molecule has 0 saturated carbocycles. The molecule has 0 aliphatic carbocycles. The zero-order valence-corrected chi connectivity index (χ0v) is 76.5. The Bertz CT molecular complexity index is 2940. The summed E-state index contributed by atoms with van der Waals surface area (Å²) >= 11 is 0. The van der Waals surface area contributed by atoms with E-state index in [1.165, 1.54) is 122 Å². The summed E-state index contributed by atoms with van der Waals surface area (Å²) in [6.07, 6.45) is 122. The minimum Gasteiger partial charge on any atom is -0.463 e. The number of aliphatic hydroxyl groups excluding tert-OH is 2. The molecule has 4 N–H and O–H groups in total. The smallest absolute Gasteiger partial charge is 0.463 e. The van der Waals surface area contributed by atoms with E-state index in [0.29, 0.717) is 19.3 Å². The number of carbonyl (C=O) groups excluding carboxylic acids is 3. The van der Waals surface area contributed by atoms with Crippen LogP contribution >= 0.6 is 15.6 Å². The number of hydrogen-bond acceptors (Lipinski definition) is 14. The molecule has 0 aromatic carbocycles. The molecule has 0 radical (unpaired) electrons. The largest absolute Gasteiger partial charge is 0.472 e. The first-order chi connectivity index (χ1) is 58.2. The molecular formula is C101H168O16P2. The van der Waals surface area contributed by atoms with Crippen LogP contribution in [0.5, 0.6) is 0 Å². The van der Waals surface area contributed by atoms with E-state index in [4.69, 9.17) is 32.3 Å². The Morgan fingerprint density at radius 2 is 0.420 bits per heavy atom. The molecule has 16 nitrogen and oxygen atoms in total. The maximum absolute atomic E-state index is 13.1. The van der Waals surface area contributed by atoms with Gasteiger partial charge in [-0.05, 0) is 161 Å². The van der Waals surface area contributed by atoms with Gasteiger partial charge >= 0.3 is 33.6 Å². The first-order valence-electron chi connectivity index (χ1n) is 46.7. The zero-order valence-electron chi connectivity index (χ0n) is 74.7. The highest BCUT2D eigenvalue weighted by Crippen LogP contribution is 2.45. The Hall–Kier alpha value is -5.61. The summed E-state index contributed by atoms with van der Waals surface area (Å²) in [7, 11) is -9.83. The van der Waals surface area contributed by atoms with Crippen molar-refractivity contribution in [2.45, 2.75) is 386 Å². The molecule has 0 rings (SSSR count). The third kappa shape index (κ3) is 92.9. The lowest BCUT2D eigenvalue weighted by Crippen LogP contribution is -2.30. The minimum atomic E-state index is -4.95. The van der Waals surface area contributed by atoms with E-state index in [0.717, 1.165) is 186 Å². The minimum absolute atomic E-state index is 0.0753. The first-order valence-corrected chi connectivity index (χ1v) is 49.7. The molecular weight excluding hydrogens is 1530 g/mol. The molecule has 678 valence electrons. The summed E-state index contributed by atoms with van der Waals surface area (Å²) in [5.41, 5.74) is 0. The first kappa shape index (κ1) is 113. The SMILES string of the molecule is CC/C=C\C/C=C\C/C=C\C/C=C\C/C=C\C/C=C\CCCCCCCCCCCCC(=O)OCC(COP(=O)(O)OCC(O)COP(=O)(O)OCC(O)COC(=O)CCCCCCCCCCCCCCCCCCC/C=C\C/C=C\C/C=C\C/C=C\C/C=C\CC)OC(=O)CCCCCCC/C=C\C/C=C\C/C=C\C/C=C\C/C=C\CC. The fraction of sp³-hybridized carbons (Fsp3) is 0.653. The Balaban J connectivity index is 4.59. The molecule has 119 heavy (non-hydrogen) atoms. The van der Waals surface area contributed by atoms with Gasteiger partial charge in [0, 0.05) is 19.3 Å². The maximum atomic E-state index is 13.1. The van der Waals surface area contributed by atoms with Crippen LogP contribution < -0.4 is 0 Å². The van der Waals surface area contributed by atoms with Gasteiger partial charge in [-0.3, -0.25) is 32.5 Å². The highest BCUT2D eigenvalue weighted by molar-refractivity contribution is 7.47. The van der Waals surface area contributed by atoms with Crippen molar-refractivity contribution in [2.75, 3.05) is 39.6 Å². The van der Waals surface area contributed by atoms with E-state index in [1.54, 1.807) is 0 Å². The molecule has 0 fully saturated rings. The molecule has 0 bridgehead atoms. The Morgan fingerprint density at radius 1 is 0.235 bits per heavy atom. The van der Waals surface area contributed by atoms with Crippen LogP contribution in [0.3, 0.4) is 0 Å². The lowest BCUT2D eigenvalue weighted by atomic mass is 10.0. The number of allylic oxidation sites excluding steroid dienone is 32. The number of ether oxygens (including phenoxy) is 3. The van der Waals surface area contributed by atoms with Crippen molar-refractivity contribution in [1.29, 1.82) is 0 Å². The molecule has 0 aromatic heterocycles. The van der Waals surface area contributed by atoms with E-state index in [2.05, 4.69) is 215 Å². The number of unbranched alkanes of at least 4 members (excludes halogenated alkanes) is 32. The molecule has 0 spiro atoms. The van der Waals surface area contributed by atoms with Gasteiger partial charge in [-0.1, -0.05) is 382 Å². The van der Waals surface area contributed by atoms with Gasteiger partial charge in [-0.15, -0.1) is 0 Å². The van der Waals surface area contributed by atoms with Crippen LogP contribution in [0.4, 0.5) is 0 Å². The summed E-state index contributed by atoms with van der Waals surface area (Å²) in [4.78, 5) is 59.0. The summed E-state index contributed by atoms with van der Waals surface area (Å²) in [6, 6.07) is 0. The van der Waals surface area contributed by atoms with Crippen LogP contribution in [-0.4, -0.2) is 95.9 Å². The third-order valence-corrected chi connectivity index (χ3v) is 21.2. The van der Waals surface area contributed by atoms with Gasteiger partial charge < -0.3 is 34.2 Å². The van der Waals surface area contributed by atoms with Gasteiger partial charge in [0.1, 0.15) is 25.4 Å². The summed E-state index contributed by atoms with van der Waals surface area (Å²) in [6.45, 7) is 2.34. The van der Waals surface area contributed by atoms with Crippen molar-refractivity contribution in [3.8, 4) is 0 Å². The van der Waals surface area contributed by atoms with Gasteiger partial charge in [0.05, 0.1) is 26.4 Å². The fourth-order valence-electron chi connectivity index (χ4n) is 12.3. The van der Waals surface area contributed by atoms with Crippen molar-refractivity contribution in [2.24, 2.45) is 0 Å². The number of carbonyl (C=O) groups is 3. The van der Waals surface area contributed by atoms with E-state index in [1.807, 2.05) is 0 Å². The highest BCUT2D eigenvalue weighted by atomic mass is 31.2. The Labute approximate surface area is 725 Å². The average molecular weight is 1700 g/mol. The molecule has 0 aliphatic rings. The van der Waals surface area contributed by atoms with Crippen LogP contribution in [-0.2, 0) is 55.8 Å². The van der Waals surface area contributed by atoms with Gasteiger partial charge in [0.2, 0.25) is 0 Å². The van der Waals surface area contributed by atoms with Crippen LogP contribution in [0.2, 0.25) is 0 Å². The van der Waals surface area contributed by atoms with E-state index in [-0.39, 0.29) is 19.3 Å². The summed E-state index contributed by atoms with van der Waals surface area (Å²) < 4.78 is 61.5. The lowest BCUT2D eigenvalue weighted by molar-refractivity contribution is -0.161. The number of phosphoric ester groups is 2. The number of aliphatic hydroxyl groups is 2. The molecule has 18 heteroatoms. The summed E-state index contributed by atoms with van der Waals surface area (Å²) in [5, 5.41) is 20.7. The zero-order chi connectivity index (χ0) is 86.5. The van der Waals surface area contributed by atoms with Gasteiger partial charge in [0.25, 0.3) is 0 Å². The van der Waals surface area contributed by atoms with Crippen molar-refractivity contribution in [1.82, 2.24) is 0 Å².